The van der Waals surface area contributed by atoms with Gasteiger partial charge in [-0.05, 0) is 20.8 Å². The minimum absolute atomic E-state index is 0.111. The number of carbonyl (C=O) groups excluding carboxylic acids is 2. The van der Waals surface area contributed by atoms with Gasteiger partial charge in [-0.25, -0.2) is 4.79 Å². The Morgan fingerprint density at radius 2 is 2.15 bits per heavy atom. The van der Waals surface area contributed by atoms with Crippen molar-refractivity contribution in [3.05, 3.63) is 12.1 Å². The average Bonchev–Trinajstić information content (AvgIpc) is 2.24. The molecule has 0 bridgehead atoms. The van der Waals surface area contributed by atoms with Crippen LogP contribution in [0.4, 0.5) is 16.2 Å². The van der Waals surface area contributed by atoms with Gasteiger partial charge in [0.25, 0.3) is 5.91 Å². The molecule has 0 saturated heterocycles. The molecule has 1 aliphatic heterocycles. The number of hydrogen-bond donors (Lipinski definition) is 3. The topological polar surface area (TPSA) is 96.9 Å². The molecule has 0 aliphatic carbocycles. The number of phenolic OH excluding ortho intramolecular Hbond substituents is 1. The summed E-state index contributed by atoms with van der Waals surface area (Å²) in [5.74, 6) is -0.153. The molecule has 0 fully saturated rings. The van der Waals surface area contributed by atoms with Gasteiger partial charge in [-0.3, -0.25) is 10.1 Å². The number of rotatable bonds is 1. The van der Waals surface area contributed by atoms with Crippen molar-refractivity contribution in [1.29, 1.82) is 0 Å². The molecule has 0 radical (unpaired) electrons. The van der Waals surface area contributed by atoms with Crippen molar-refractivity contribution in [3.8, 4) is 11.5 Å². The van der Waals surface area contributed by atoms with E-state index in [9.17, 15) is 14.7 Å². The lowest BCUT2D eigenvalue weighted by molar-refractivity contribution is -0.118. The number of fused-ring (bicyclic) bond motifs is 1. The van der Waals surface area contributed by atoms with Gasteiger partial charge in [0.15, 0.2) is 12.4 Å². The second-order valence-corrected chi connectivity index (χ2v) is 5.33. The maximum absolute atomic E-state index is 11.7. The zero-order valence-corrected chi connectivity index (χ0v) is 11.4. The van der Waals surface area contributed by atoms with Crippen molar-refractivity contribution in [2.45, 2.75) is 26.4 Å². The van der Waals surface area contributed by atoms with Crippen molar-refractivity contribution in [3.63, 3.8) is 0 Å². The summed E-state index contributed by atoms with van der Waals surface area (Å²) in [4.78, 5) is 23.0. The molecule has 1 heterocycles. The van der Waals surface area contributed by atoms with Crippen molar-refractivity contribution >= 4 is 23.4 Å². The highest BCUT2D eigenvalue weighted by Crippen LogP contribution is 2.39. The first-order chi connectivity index (χ1) is 9.24. The van der Waals surface area contributed by atoms with Gasteiger partial charge in [0, 0.05) is 12.1 Å². The summed E-state index contributed by atoms with van der Waals surface area (Å²) in [6, 6.07) is 2.66. The zero-order chi connectivity index (χ0) is 14.9. The molecule has 0 unspecified atom stereocenters. The highest BCUT2D eigenvalue weighted by atomic mass is 16.6. The molecule has 0 aromatic heterocycles. The number of hydrogen-bond acceptors (Lipinski definition) is 5. The van der Waals surface area contributed by atoms with Gasteiger partial charge < -0.3 is 19.9 Å². The van der Waals surface area contributed by atoms with Crippen LogP contribution in [-0.2, 0) is 9.53 Å². The van der Waals surface area contributed by atoms with E-state index in [4.69, 9.17) is 9.47 Å². The van der Waals surface area contributed by atoms with Gasteiger partial charge in [-0.1, -0.05) is 0 Å². The molecule has 2 rings (SSSR count). The van der Waals surface area contributed by atoms with E-state index in [0.717, 1.165) is 0 Å². The molecule has 1 aromatic rings. The van der Waals surface area contributed by atoms with Gasteiger partial charge in [-0.15, -0.1) is 0 Å². The fourth-order valence-corrected chi connectivity index (χ4v) is 1.69. The lowest BCUT2D eigenvalue weighted by Crippen LogP contribution is -2.29. The quantitative estimate of drug-likeness (QED) is 0.731. The number of phenols is 1. The molecule has 20 heavy (non-hydrogen) atoms. The second-order valence-electron chi connectivity index (χ2n) is 5.33. The predicted molar refractivity (Wildman–Crippen MR) is 72.1 cm³/mol. The second kappa shape index (κ2) is 4.92. The number of benzene rings is 1. The molecule has 1 aromatic carbocycles. The minimum Gasteiger partial charge on any atom is -0.508 e. The van der Waals surface area contributed by atoms with E-state index in [0.29, 0.717) is 5.69 Å². The standard InChI is InChI=1S/C13H16N2O5/c1-13(2,3)20-12(18)15-9-5-7(16)4-8-11(9)19-6-10(17)14-8/h4-5,16H,6H2,1-3H3,(H,14,17)(H,15,18). The Balaban J connectivity index is 2.24. The number of nitrogens with one attached hydrogen (secondary N) is 2. The van der Waals surface area contributed by atoms with Gasteiger partial charge in [0.05, 0.1) is 11.4 Å². The monoisotopic (exact) mass is 280 g/mol. The lowest BCUT2D eigenvalue weighted by atomic mass is 10.2. The van der Waals surface area contributed by atoms with Crippen LogP contribution in [0, 0.1) is 0 Å². The number of ether oxygens (including phenoxy) is 2. The number of aromatic hydroxyl groups is 1. The number of carbonyl (C=O) groups is 2. The maximum Gasteiger partial charge on any atom is 0.412 e. The smallest absolute Gasteiger partial charge is 0.412 e. The SMILES string of the molecule is CC(C)(C)OC(=O)Nc1cc(O)cc2c1OCC(=O)N2. The molecule has 1 aliphatic rings. The number of anilines is 2. The summed E-state index contributed by atoms with van der Waals surface area (Å²) in [6.45, 7) is 5.06. The summed E-state index contributed by atoms with van der Waals surface area (Å²) in [5.41, 5.74) is -0.114. The number of amides is 2. The molecule has 0 saturated carbocycles. The van der Waals surface area contributed by atoms with Crippen LogP contribution in [0.1, 0.15) is 20.8 Å². The molecular weight excluding hydrogens is 264 g/mol. The Hall–Kier alpha value is -2.44. The Labute approximate surface area is 115 Å². The first kappa shape index (κ1) is 14.0. The van der Waals surface area contributed by atoms with Crippen LogP contribution < -0.4 is 15.4 Å². The lowest BCUT2D eigenvalue weighted by Gasteiger charge is -2.23. The van der Waals surface area contributed by atoms with Gasteiger partial charge >= 0.3 is 6.09 Å². The van der Waals surface area contributed by atoms with E-state index < -0.39 is 11.7 Å². The third-order valence-electron chi connectivity index (χ3n) is 2.33. The minimum atomic E-state index is -0.675. The van der Waals surface area contributed by atoms with Crippen molar-refractivity contribution in [2.75, 3.05) is 17.2 Å². The normalized spacial score (nSPS) is 13.8. The van der Waals surface area contributed by atoms with Crippen LogP contribution in [0.2, 0.25) is 0 Å². The van der Waals surface area contributed by atoms with E-state index in [-0.39, 0.29) is 29.7 Å². The van der Waals surface area contributed by atoms with Crippen LogP contribution in [0.15, 0.2) is 12.1 Å². The van der Waals surface area contributed by atoms with E-state index in [1.54, 1.807) is 20.8 Å². The Morgan fingerprint density at radius 1 is 1.45 bits per heavy atom. The van der Waals surface area contributed by atoms with E-state index in [1.165, 1.54) is 12.1 Å². The molecule has 2 amide bonds. The van der Waals surface area contributed by atoms with Crippen LogP contribution in [-0.4, -0.2) is 29.3 Å². The van der Waals surface area contributed by atoms with E-state index in [1.807, 2.05) is 0 Å². The summed E-state index contributed by atoms with van der Waals surface area (Å²) in [7, 11) is 0. The molecular formula is C13H16N2O5. The summed E-state index contributed by atoms with van der Waals surface area (Å²) < 4.78 is 10.4. The van der Waals surface area contributed by atoms with Gasteiger partial charge in [-0.2, -0.15) is 0 Å². The van der Waals surface area contributed by atoms with Crippen LogP contribution in [0.25, 0.3) is 0 Å². The average molecular weight is 280 g/mol. The van der Waals surface area contributed by atoms with Crippen molar-refractivity contribution in [1.82, 2.24) is 0 Å². The molecule has 7 heteroatoms. The summed E-state index contributed by atoms with van der Waals surface area (Å²) >= 11 is 0. The highest BCUT2D eigenvalue weighted by molar-refractivity contribution is 5.99. The van der Waals surface area contributed by atoms with Gasteiger partial charge in [0.1, 0.15) is 11.4 Å². The fourth-order valence-electron chi connectivity index (χ4n) is 1.69. The predicted octanol–water partition coefficient (Wildman–Crippen LogP) is 2.07. The third-order valence-corrected chi connectivity index (χ3v) is 2.33. The molecule has 0 spiro atoms. The molecule has 3 N–H and O–H groups in total. The van der Waals surface area contributed by atoms with Crippen LogP contribution in [0.3, 0.4) is 0 Å². The Bertz CT molecular complexity index is 563. The molecule has 108 valence electrons. The van der Waals surface area contributed by atoms with Crippen LogP contribution in [0.5, 0.6) is 11.5 Å². The Kier molecular flexibility index (Phi) is 3.44. The third kappa shape index (κ3) is 3.31. The summed E-state index contributed by atoms with van der Waals surface area (Å²) in [5, 5.41) is 14.6. The molecule has 0 atom stereocenters. The highest BCUT2D eigenvalue weighted by Gasteiger charge is 2.23. The zero-order valence-electron chi connectivity index (χ0n) is 11.4. The largest absolute Gasteiger partial charge is 0.508 e. The van der Waals surface area contributed by atoms with Gasteiger partial charge in [0.2, 0.25) is 0 Å². The van der Waals surface area contributed by atoms with Crippen molar-refractivity contribution < 1.29 is 24.2 Å². The summed E-state index contributed by atoms with van der Waals surface area (Å²) in [6.07, 6.45) is -0.675. The van der Waals surface area contributed by atoms with Crippen LogP contribution >= 0.6 is 0 Å². The first-order valence-corrected chi connectivity index (χ1v) is 6.04. The first-order valence-electron chi connectivity index (χ1n) is 6.04. The van der Waals surface area contributed by atoms with Crippen molar-refractivity contribution in [2.24, 2.45) is 0 Å². The fraction of sp³-hybridized carbons (Fsp3) is 0.385. The van der Waals surface area contributed by atoms with E-state index >= 15 is 0 Å². The van der Waals surface area contributed by atoms with E-state index in [2.05, 4.69) is 10.6 Å². The Morgan fingerprint density at radius 3 is 2.80 bits per heavy atom. The maximum atomic E-state index is 11.7. The molecule has 7 nitrogen and oxygen atoms in total.